The van der Waals surface area contributed by atoms with E-state index in [-0.39, 0.29) is 18.2 Å². The number of carbonyl (C=O) groups excluding carboxylic acids is 1. The largest absolute Gasteiger partial charge is 0.481 e. The monoisotopic (exact) mass is 330 g/mol. The Labute approximate surface area is 140 Å². The summed E-state index contributed by atoms with van der Waals surface area (Å²) in [6.07, 6.45) is 2.23. The molecule has 0 aliphatic carbocycles. The number of aromatic nitrogens is 2. The molecule has 128 valence electrons. The first-order valence-corrected chi connectivity index (χ1v) is 8.23. The Bertz CT molecular complexity index is 727. The van der Waals surface area contributed by atoms with Crippen LogP contribution in [0, 0.1) is 5.92 Å². The second kappa shape index (κ2) is 7.44. The standard InChI is InChI=1S/C17H22N4O3/c22-16(20-8-6-18-10-13(11-20)9-17(23)24)5-7-21-12-19-14-3-1-2-4-15(14)21/h1-4,12-13,18H,5-11H2,(H,23,24). The van der Waals surface area contributed by atoms with Crippen molar-refractivity contribution in [1.82, 2.24) is 19.8 Å². The quantitative estimate of drug-likeness (QED) is 0.852. The first kappa shape index (κ1) is 16.4. The topological polar surface area (TPSA) is 87.5 Å². The van der Waals surface area contributed by atoms with Gasteiger partial charge in [-0.2, -0.15) is 0 Å². The summed E-state index contributed by atoms with van der Waals surface area (Å²) in [4.78, 5) is 29.6. The van der Waals surface area contributed by atoms with Gasteiger partial charge in [-0.3, -0.25) is 9.59 Å². The lowest BCUT2D eigenvalue weighted by atomic mass is 10.1. The molecule has 1 saturated heterocycles. The maximum absolute atomic E-state index is 12.5. The van der Waals surface area contributed by atoms with Crippen LogP contribution in [0.4, 0.5) is 0 Å². The van der Waals surface area contributed by atoms with E-state index in [1.807, 2.05) is 28.8 Å². The summed E-state index contributed by atoms with van der Waals surface area (Å²) in [6.45, 7) is 3.05. The Morgan fingerprint density at radius 1 is 1.33 bits per heavy atom. The van der Waals surface area contributed by atoms with Gasteiger partial charge in [0.15, 0.2) is 0 Å². The van der Waals surface area contributed by atoms with Crippen molar-refractivity contribution in [1.29, 1.82) is 0 Å². The molecule has 2 N–H and O–H groups in total. The number of carboxylic acids is 1. The number of nitrogens with zero attached hydrogens (tertiary/aromatic N) is 3. The zero-order chi connectivity index (χ0) is 16.9. The number of carboxylic acid groups (broad SMARTS) is 1. The van der Waals surface area contributed by atoms with E-state index in [1.54, 1.807) is 11.2 Å². The Morgan fingerprint density at radius 2 is 2.17 bits per heavy atom. The van der Waals surface area contributed by atoms with Crippen molar-refractivity contribution in [2.45, 2.75) is 19.4 Å². The van der Waals surface area contributed by atoms with Gasteiger partial charge in [0.2, 0.25) is 5.91 Å². The molecule has 1 aliphatic rings. The zero-order valence-corrected chi connectivity index (χ0v) is 13.5. The fraction of sp³-hybridized carbons (Fsp3) is 0.471. The number of rotatable bonds is 5. The van der Waals surface area contributed by atoms with E-state index < -0.39 is 5.97 Å². The molecule has 1 aromatic carbocycles. The van der Waals surface area contributed by atoms with Gasteiger partial charge in [-0.1, -0.05) is 12.1 Å². The molecule has 1 aliphatic heterocycles. The third-order valence-electron chi connectivity index (χ3n) is 4.38. The maximum atomic E-state index is 12.5. The van der Waals surface area contributed by atoms with Crippen LogP contribution in [0.5, 0.6) is 0 Å². The van der Waals surface area contributed by atoms with Gasteiger partial charge >= 0.3 is 5.97 Å². The molecular formula is C17H22N4O3. The maximum Gasteiger partial charge on any atom is 0.303 e. The minimum absolute atomic E-state index is 0.0389. The molecular weight excluding hydrogens is 308 g/mol. The second-order valence-electron chi connectivity index (χ2n) is 6.18. The first-order chi connectivity index (χ1) is 11.6. The van der Waals surface area contributed by atoms with Crippen molar-refractivity contribution < 1.29 is 14.7 Å². The minimum atomic E-state index is -0.819. The average Bonchev–Trinajstić information content (AvgIpc) is 2.83. The van der Waals surface area contributed by atoms with Gasteiger partial charge in [-0.25, -0.2) is 4.98 Å². The highest BCUT2D eigenvalue weighted by atomic mass is 16.4. The third kappa shape index (κ3) is 3.91. The SMILES string of the molecule is O=C(O)CC1CNCCN(C(=O)CCn2cnc3ccccc32)C1. The van der Waals surface area contributed by atoms with E-state index in [0.29, 0.717) is 39.1 Å². The van der Waals surface area contributed by atoms with Crippen molar-refractivity contribution in [3.63, 3.8) is 0 Å². The summed E-state index contributed by atoms with van der Waals surface area (Å²) in [7, 11) is 0. The highest BCUT2D eigenvalue weighted by Gasteiger charge is 2.23. The molecule has 0 spiro atoms. The van der Waals surface area contributed by atoms with Gasteiger partial charge in [0.1, 0.15) is 0 Å². The van der Waals surface area contributed by atoms with Crippen LogP contribution < -0.4 is 5.32 Å². The lowest BCUT2D eigenvalue weighted by molar-refractivity contribution is -0.139. The van der Waals surface area contributed by atoms with Crippen LogP contribution in [0.3, 0.4) is 0 Å². The van der Waals surface area contributed by atoms with Crippen molar-refractivity contribution in [2.75, 3.05) is 26.2 Å². The van der Waals surface area contributed by atoms with Gasteiger partial charge in [0.05, 0.1) is 23.8 Å². The summed E-state index contributed by atoms with van der Waals surface area (Å²) < 4.78 is 1.98. The Kier molecular flexibility index (Phi) is 5.10. The molecule has 3 rings (SSSR count). The average molecular weight is 330 g/mol. The van der Waals surface area contributed by atoms with E-state index >= 15 is 0 Å². The van der Waals surface area contributed by atoms with Crippen molar-refractivity contribution in [2.24, 2.45) is 5.92 Å². The lowest BCUT2D eigenvalue weighted by Crippen LogP contribution is -2.36. The molecule has 2 heterocycles. The summed E-state index contributed by atoms with van der Waals surface area (Å²) in [5.41, 5.74) is 1.94. The van der Waals surface area contributed by atoms with Gasteiger partial charge < -0.3 is 19.9 Å². The first-order valence-electron chi connectivity index (χ1n) is 8.23. The molecule has 1 aromatic heterocycles. The van der Waals surface area contributed by atoms with Crippen molar-refractivity contribution in [3.8, 4) is 0 Å². The van der Waals surface area contributed by atoms with E-state index in [1.165, 1.54) is 0 Å². The number of amides is 1. The highest BCUT2D eigenvalue weighted by Crippen LogP contribution is 2.14. The fourth-order valence-electron chi connectivity index (χ4n) is 3.16. The number of fused-ring (bicyclic) bond motifs is 1. The predicted molar refractivity (Wildman–Crippen MR) is 89.5 cm³/mol. The molecule has 1 fully saturated rings. The Balaban J connectivity index is 1.60. The summed E-state index contributed by atoms with van der Waals surface area (Å²) in [5.74, 6) is -0.795. The number of nitrogens with one attached hydrogen (secondary N) is 1. The van der Waals surface area contributed by atoms with Crippen LogP contribution in [0.15, 0.2) is 30.6 Å². The van der Waals surface area contributed by atoms with Crippen LogP contribution in [0.1, 0.15) is 12.8 Å². The summed E-state index contributed by atoms with van der Waals surface area (Å²) in [5, 5.41) is 12.2. The van der Waals surface area contributed by atoms with Crippen LogP contribution in [-0.2, 0) is 16.1 Å². The van der Waals surface area contributed by atoms with Crippen LogP contribution in [-0.4, -0.2) is 57.6 Å². The molecule has 2 aromatic rings. The van der Waals surface area contributed by atoms with Crippen LogP contribution in [0.2, 0.25) is 0 Å². The summed E-state index contributed by atoms with van der Waals surface area (Å²) >= 11 is 0. The van der Waals surface area contributed by atoms with E-state index in [9.17, 15) is 9.59 Å². The number of aliphatic carboxylic acids is 1. The molecule has 7 nitrogen and oxygen atoms in total. The minimum Gasteiger partial charge on any atom is -0.481 e. The van der Waals surface area contributed by atoms with Gasteiger partial charge in [0, 0.05) is 39.1 Å². The van der Waals surface area contributed by atoms with Gasteiger partial charge in [-0.15, -0.1) is 0 Å². The van der Waals surface area contributed by atoms with Crippen molar-refractivity contribution >= 4 is 22.9 Å². The molecule has 0 saturated carbocycles. The number of carbonyl (C=O) groups is 2. The lowest BCUT2D eigenvalue weighted by Gasteiger charge is -2.23. The Hall–Kier alpha value is -2.41. The van der Waals surface area contributed by atoms with E-state index in [0.717, 1.165) is 11.0 Å². The molecule has 0 bridgehead atoms. The number of hydrogen-bond acceptors (Lipinski definition) is 4. The number of aryl methyl sites for hydroxylation is 1. The molecule has 24 heavy (non-hydrogen) atoms. The third-order valence-corrected chi connectivity index (χ3v) is 4.38. The molecule has 1 unspecified atom stereocenters. The second-order valence-corrected chi connectivity index (χ2v) is 6.18. The van der Waals surface area contributed by atoms with Crippen molar-refractivity contribution in [3.05, 3.63) is 30.6 Å². The van der Waals surface area contributed by atoms with Gasteiger partial charge in [-0.05, 0) is 18.1 Å². The van der Waals surface area contributed by atoms with Crippen LogP contribution >= 0.6 is 0 Å². The van der Waals surface area contributed by atoms with Crippen LogP contribution in [0.25, 0.3) is 11.0 Å². The number of imidazole rings is 1. The summed E-state index contributed by atoms with van der Waals surface area (Å²) in [6, 6.07) is 7.84. The number of benzene rings is 1. The van der Waals surface area contributed by atoms with E-state index in [4.69, 9.17) is 5.11 Å². The zero-order valence-electron chi connectivity index (χ0n) is 13.5. The molecule has 7 heteroatoms. The molecule has 1 atom stereocenters. The number of para-hydroxylation sites is 2. The van der Waals surface area contributed by atoms with E-state index in [2.05, 4.69) is 10.3 Å². The van der Waals surface area contributed by atoms with Gasteiger partial charge in [0.25, 0.3) is 0 Å². The fourth-order valence-corrected chi connectivity index (χ4v) is 3.16. The normalized spacial score (nSPS) is 18.5. The highest BCUT2D eigenvalue weighted by molar-refractivity contribution is 5.77. The predicted octanol–water partition coefficient (Wildman–Crippen LogP) is 0.949. The molecule has 1 amide bonds. The Morgan fingerprint density at radius 3 is 3.00 bits per heavy atom. The smallest absolute Gasteiger partial charge is 0.303 e. The molecule has 0 radical (unpaired) electrons. The number of hydrogen-bond donors (Lipinski definition) is 2.